The van der Waals surface area contributed by atoms with E-state index in [1.54, 1.807) is 6.92 Å². The zero-order valence-corrected chi connectivity index (χ0v) is 14.6. The fourth-order valence-corrected chi connectivity index (χ4v) is 3.17. The molecule has 0 spiro atoms. The fraction of sp³-hybridized carbons (Fsp3) is 0.250. The molecular formula is C16H17Br2NO. The van der Waals surface area contributed by atoms with E-state index >= 15 is 0 Å². The molecular weight excluding hydrogens is 382 g/mol. The van der Waals surface area contributed by atoms with E-state index in [0.29, 0.717) is 0 Å². The van der Waals surface area contributed by atoms with E-state index in [9.17, 15) is 5.11 Å². The first-order valence-electron chi connectivity index (χ1n) is 6.41. The van der Waals surface area contributed by atoms with E-state index in [2.05, 4.69) is 55.9 Å². The number of rotatable bonds is 4. The van der Waals surface area contributed by atoms with Gasteiger partial charge in [-0.1, -0.05) is 40.2 Å². The third kappa shape index (κ3) is 3.62. The van der Waals surface area contributed by atoms with Crippen molar-refractivity contribution in [2.75, 3.05) is 11.9 Å². The Morgan fingerprint density at radius 1 is 1.10 bits per heavy atom. The molecule has 1 N–H and O–H groups in total. The maximum Gasteiger partial charge on any atom is 0.0762 e. The van der Waals surface area contributed by atoms with Crippen molar-refractivity contribution in [3.8, 4) is 0 Å². The van der Waals surface area contributed by atoms with Crippen LogP contribution in [0.4, 0.5) is 5.69 Å². The molecule has 106 valence electrons. The number of anilines is 1. The van der Waals surface area contributed by atoms with Crippen LogP contribution in [0.15, 0.2) is 51.4 Å². The van der Waals surface area contributed by atoms with Gasteiger partial charge >= 0.3 is 0 Å². The van der Waals surface area contributed by atoms with Crippen molar-refractivity contribution in [3.63, 3.8) is 0 Å². The minimum absolute atomic E-state index is 0.450. The van der Waals surface area contributed by atoms with E-state index in [1.165, 1.54) is 5.56 Å². The summed E-state index contributed by atoms with van der Waals surface area (Å²) in [6.07, 6.45) is -0.450. The molecule has 1 atom stereocenters. The lowest BCUT2D eigenvalue weighted by molar-refractivity contribution is 0.199. The van der Waals surface area contributed by atoms with Crippen LogP contribution in [0, 0.1) is 0 Å². The van der Waals surface area contributed by atoms with Crippen LogP contribution in [-0.2, 0) is 6.54 Å². The third-order valence-electron chi connectivity index (χ3n) is 3.23. The van der Waals surface area contributed by atoms with Crippen LogP contribution in [0.2, 0.25) is 0 Å². The molecule has 0 fully saturated rings. The first kappa shape index (κ1) is 15.5. The molecule has 2 aromatic rings. The van der Waals surface area contributed by atoms with Gasteiger partial charge in [0.25, 0.3) is 0 Å². The van der Waals surface area contributed by atoms with Crippen molar-refractivity contribution in [1.82, 2.24) is 0 Å². The molecule has 0 aliphatic carbocycles. The lowest BCUT2D eigenvalue weighted by atomic mass is 10.1. The summed E-state index contributed by atoms with van der Waals surface area (Å²) in [7, 11) is 2.06. The first-order valence-corrected chi connectivity index (χ1v) is 7.99. The van der Waals surface area contributed by atoms with Crippen LogP contribution >= 0.6 is 31.9 Å². The van der Waals surface area contributed by atoms with Gasteiger partial charge in [-0.15, -0.1) is 0 Å². The zero-order valence-electron chi connectivity index (χ0n) is 11.5. The minimum atomic E-state index is -0.450. The van der Waals surface area contributed by atoms with Gasteiger partial charge in [-0.25, -0.2) is 0 Å². The predicted molar refractivity (Wildman–Crippen MR) is 91.0 cm³/mol. The lowest BCUT2D eigenvalue weighted by Gasteiger charge is -2.22. The molecule has 0 saturated heterocycles. The molecule has 0 aliphatic heterocycles. The third-order valence-corrected chi connectivity index (χ3v) is 4.64. The van der Waals surface area contributed by atoms with E-state index < -0.39 is 6.10 Å². The minimum Gasteiger partial charge on any atom is -0.389 e. The maximum absolute atomic E-state index is 9.61. The molecule has 0 aromatic heterocycles. The molecule has 2 rings (SSSR count). The molecule has 0 heterocycles. The highest BCUT2D eigenvalue weighted by Crippen LogP contribution is 2.30. The van der Waals surface area contributed by atoms with Gasteiger partial charge < -0.3 is 10.0 Å². The monoisotopic (exact) mass is 397 g/mol. The predicted octanol–water partition coefficient (Wildman–Crippen LogP) is 4.90. The fourth-order valence-electron chi connectivity index (χ4n) is 2.06. The van der Waals surface area contributed by atoms with Crippen molar-refractivity contribution in [3.05, 3.63) is 62.5 Å². The molecule has 0 radical (unpaired) electrons. The van der Waals surface area contributed by atoms with Crippen molar-refractivity contribution in [1.29, 1.82) is 0 Å². The second kappa shape index (κ2) is 6.74. The zero-order chi connectivity index (χ0) is 14.7. The van der Waals surface area contributed by atoms with Gasteiger partial charge in [0, 0.05) is 22.5 Å². The normalized spacial score (nSPS) is 12.2. The summed E-state index contributed by atoms with van der Waals surface area (Å²) in [6, 6.07) is 14.2. The SMILES string of the molecule is C[C@@H](O)c1ccc(N(C)Cc2ccccc2Br)c(Br)c1. The quantitative estimate of drug-likeness (QED) is 0.791. The highest BCUT2D eigenvalue weighted by atomic mass is 79.9. The number of aliphatic hydroxyl groups is 1. The summed E-state index contributed by atoms with van der Waals surface area (Å²) >= 11 is 7.16. The van der Waals surface area contributed by atoms with Gasteiger partial charge in [0.2, 0.25) is 0 Å². The summed E-state index contributed by atoms with van der Waals surface area (Å²) in [6.45, 7) is 2.58. The molecule has 0 bridgehead atoms. The highest BCUT2D eigenvalue weighted by molar-refractivity contribution is 9.11. The van der Waals surface area contributed by atoms with Gasteiger partial charge in [0.05, 0.1) is 11.8 Å². The molecule has 0 unspecified atom stereocenters. The van der Waals surface area contributed by atoms with E-state index in [4.69, 9.17) is 0 Å². The molecule has 0 saturated carbocycles. The van der Waals surface area contributed by atoms with Crippen molar-refractivity contribution >= 4 is 37.5 Å². The Kier molecular flexibility index (Phi) is 5.24. The van der Waals surface area contributed by atoms with Gasteiger partial charge in [-0.2, -0.15) is 0 Å². The lowest BCUT2D eigenvalue weighted by Crippen LogP contribution is -2.17. The van der Waals surface area contributed by atoms with Crippen molar-refractivity contribution in [2.45, 2.75) is 19.6 Å². The van der Waals surface area contributed by atoms with E-state index in [-0.39, 0.29) is 0 Å². The largest absolute Gasteiger partial charge is 0.389 e. The standard InChI is InChI=1S/C16H17Br2NO/c1-11(20)12-7-8-16(15(18)9-12)19(2)10-13-5-3-4-6-14(13)17/h3-9,11,20H,10H2,1-2H3/t11-/m1/s1. The first-order chi connectivity index (χ1) is 9.49. The van der Waals surface area contributed by atoms with E-state index in [0.717, 1.165) is 26.7 Å². The summed E-state index contributed by atoms with van der Waals surface area (Å²) in [4.78, 5) is 2.18. The van der Waals surface area contributed by atoms with Crippen LogP contribution in [-0.4, -0.2) is 12.2 Å². The van der Waals surface area contributed by atoms with Gasteiger partial charge in [0.1, 0.15) is 0 Å². The Balaban J connectivity index is 2.21. The van der Waals surface area contributed by atoms with Crippen LogP contribution in [0.1, 0.15) is 24.2 Å². The van der Waals surface area contributed by atoms with Crippen LogP contribution < -0.4 is 4.90 Å². The Labute approximate surface area is 136 Å². The summed E-state index contributed by atoms with van der Waals surface area (Å²) in [5, 5.41) is 9.61. The summed E-state index contributed by atoms with van der Waals surface area (Å²) < 4.78 is 2.11. The number of halogens is 2. The molecule has 4 heteroatoms. The Morgan fingerprint density at radius 3 is 2.40 bits per heavy atom. The Bertz CT molecular complexity index is 599. The molecule has 0 amide bonds. The average molecular weight is 399 g/mol. The number of benzene rings is 2. The van der Waals surface area contributed by atoms with Gasteiger partial charge in [-0.3, -0.25) is 0 Å². The van der Waals surface area contributed by atoms with E-state index in [1.807, 2.05) is 30.3 Å². The van der Waals surface area contributed by atoms with Crippen LogP contribution in [0.5, 0.6) is 0 Å². The molecule has 2 nitrogen and oxygen atoms in total. The average Bonchev–Trinajstić information content (AvgIpc) is 2.41. The second-order valence-electron chi connectivity index (χ2n) is 4.83. The topological polar surface area (TPSA) is 23.5 Å². The summed E-state index contributed by atoms with van der Waals surface area (Å²) in [5.74, 6) is 0. The van der Waals surface area contributed by atoms with Gasteiger partial charge in [-0.05, 0) is 52.2 Å². The Hall–Kier alpha value is -0.840. The number of aliphatic hydroxyl groups excluding tert-OH is 1. The smallest absolute Gasteiger partial charge is 0.0762 e. The maximum atomic E-state index is 9.61. The highest BCUT2D eigenvalue weighted by Gasteiger charge is 2.10. The summed E-state index contributed by atoms with van der Waals surface area (Å²) in [5.41, 5.74) is 3.25. The van der Waals surface area contributed by atoms with Crippen LogP contribution in [0.25, 0.3) is 0 Å². The molecule has 20 heavy (non-hydrogen) atoms. The second-order valence-corrected chi connectivity index (χ2v) is 6.54. The van der Waals surface area contributed by atoms with Gasteiger partial charge in [0.15, 0.2) is 0 Å². The van der Waals surface area contributed by atoms with Crippen molar-refractivity contribution < 1.29 is 5.11 Å². The Morgan fingerprint density at radius 2 is 1.80 bits per heavy atom. The molecule has 2 aromatic carbocycles. The van der Waals surface area contributed by atoms with Crippen molar-refractivity contribution in [2.24, 2.45) is 0 Å². The molecule has 0 aliphatic rings. The number of hydrogen-bond acceptors (Lipinski definition) is 2. The van der Waals surface area contributed by atoms with Crippen LogP contribution in [0.3, 0.4) is 0 Å². The number of nitrogens with zero attached hydrogens (tertiary/aromatic N) is 1. The number of hydrogen-bond donors (Lipinski definition) is 1.